The van der Waals surface area contributed by atoms with Gasteiger partial charge >= 0.3 is 18.1 Å². The standard InChI is InChI=1S/C25H22ClF5N2O3/c1-23(2,3)11-18-24(12-32,16-8-7-14(26)10-17(16)28)19(13-5-4-6-15(27)9-13)20(33-18)21(34)36-22(35)25(29,30)31/h4-10,18-20,33H,11H2,1-3H3/t18-,19-,20+,24-/m0/s1. The average Bonchev–Trinajstić information content (AvgIpc) is 3.06. The molecule has 0 bridgehead atoms. The van der Waals surface area contributed by atoms with E-state index in [2.05, 4.69) is 16.1 Å². The molecule has 0 aromatic heterocycles. The first kappa shape index (κ1) is 27.6. The predicted molar refractivity (Wildman–Crippen MR) is 120 cm³/mol. The lowest BCUT2D eigenvalue weighted by atomic mass is 9.63. The van der Waals surface area contributed by atoms with Crippen LogP contribution in [0.4, 0.5) is 22.0 Å². The number of carbonyl (C=O) groups is 2. The molecule has 0 unspecified atom stereocenters. The summed E-state index contributed by atoms with van der Waals surface area (Å²) in [7, 11) is 0. The molecular formula is C25H22ClF5N2O3. The second kappa shape index (κ2) is 9.79. The number of alkyl halides is 3. The van der Waals surface area contributed by atoms with Gasteiger partial charge in [0.2, 0.25) is 0 Å². The summed E-state index contributed by atoms with van der Waals surface area (Å²) in [5.41, 5.74) is -2.62. The van der Waals surface area contributed by atoms with Gasteiger partial charge in [-0.15, -0.1) is 0 Å². The van der Waals surface area contributed by atoms with Crippen LogP contribution in [0.5, 0.6) is 0 Å². The first-order valence-electron chi connectivity index (χ1n) is 10.8. The molecule has 0 saturated carbocycles. The lowest BCUT2D eigenvalue weighted by molar-refractivity contribution is -0.202. The van der Waals surface area contributed by atoms with Gasteiger partial charge in [-0.2, -0.15) is 18.4 Å². The number of rotatable bonds is 4. The minimum Gasteiger partial charge on any atom is -0.385 e. The second-order valence-corrected chi connectivity index (χ2v) is 10.2. The van der Waals surface area contributed by atoms with Crippen LogP contribution in [0.1, 0.15) is 44.2 Å². The molecule has 2 aromatic carbocycles. The number of ether oxygens (including phenoxy) is 1. The molecule has 1 aliphatic rings. The van der Waals surface area contributed by atoms with Crippen LogP contribution in [-0.2, 0) is 19.7 Å². The fourth-order valence-electron chi connectivity index (χ4n) is 4.72. The Bertz CT molecular complexity index is 1220. The molecule has 1 saturated heterocycles. The van der Waals surface area contributed by atoms with Crippen LogP contribution < -0.4 is 5.32 Å². The monoisotopic (exact) mass is 528 g/mol. The van der Waals surface area contributed by atoms with Crippen molar-refractivity contribution in [2.75, 3.05) is 0 Å². The van der Waals surface area contributed by atoms with Crippen molar-refractivity contribution >= 4 is 23.5 Å². The molecule has 192 valence electrons. The van der Waals surface area contributed by atoms with Crippen molar-refractivity contribution in [3.8, 4) is 6.07 Å². The largest absolute Gasteiger partial charge is 0.491 e. The molecule has 5 nitrogen and oxygen atoms in total. The van der Waals surface area contributed by atoms with E-state index in [4.69, 9.17) is 11.6 Å². The normalized spacial score (nSPS) is 24.3. The van der Waals surface area contributed by atoms with E-state index in [1.165, 1.54) is 24.3 Å². The number of halogens is 6. The third-order valence-corrected chi connectivity index (χ3v) is 6.25. The van der Waals surface area contributed by atoms with E-state index < -0.39 is 58.6 Å². The first-order chi connectivity index (χ1) is 16.6. The molecule has 1 fully saturated rings. The van der Waals surface area contributed by atoms with Gasteiger partial charge in [-0.05, 0) is 41.7 Å². The van der Waals surface area contributed by atoms with E-state index in [1.54, 1.807) is 0 Å². The Balaban J connectivity index is 2.29. The molecular weight excluding hydrogens is 507 g/mol. The maximum Gasteiger partial charge on any atom is 0.491 e. The Morgan fingerprint density at radius 1 is 1.14 bits per heavy atom. The van der Waals surface area contributed by atoms with Gasteiger partial charge in [0.25, 0.3) is 0 Å². The fourth-order valence-corrected chi connectivity index (χ4v) is 4.88. The summed E-state index contributed by atoms with van der Waals surface area (Å²) < 4.78 is 72.2. The number of hydrogen-bond acceptors (Lipinski definition) is 5. The Kier molecular flexibility index (Phi) is 7.49. The van der Waals surface area contributed by atoms with Crippen LogP contribution >= 0.6 is 11.6 Å². The molecule has 3 rings (SSSR count). The van der Waals surface area contributed by atoms with E-state index in [1.807, 2.05) is 20.8 Å². The maximum atomic E-state index is 15.3. The topological polar surface area (TPSA) is 79.2 Å². The molecule has 36 heavy (non-hydrogen) atoms. The van der Waals surface area contributed by atoms with Crippen LogP contribution in [0.15, 0.2) is 42.5 Å². The van der Waals surface area contributed by atoms with Crippen molar-refractivity contribution in [3.63, 3.8) is 0 Å². The summed E-state index contributed by atoms with van der Waals surface area (Å²) in [4.78, 5) is 24.4. The lowest BCUT2D eigenvalue weighted by Crippen LogP contribution is -2.44. The van der Waals surface area contributed by atoms with Crippen LogP contribution in [-0.4, -0.2) is 30.2 Å². The van der Waals surface area contributed by atoms with Crippen LogP contribution in [0.3, 0.4) is 0 Å². The van der Waals surface area contributed by atoms with Crippen molar-refractivity contribution < 1.29 is 36.3 Å². The Hall–Kier alpha value is -3.03. The molecule has 0 aliphatic carbocycles. The summed E-state index contributed by atoms with van der Waals surface area (Å²) >= 11 is 5.90. The second-order valence-electron chi connectivity index (χ2n) is 9.81. The molecule has 0 spiro atoms. The Labute approximate surface area is 209 Å². The Morgan fingerprint density at radius 3 is 2.33 bits per heavy atom. The van der Waals surface area contributed by atoms with Crippen molar-refractivity contribution in [1.29, 1.82) is 5.26 Å². The third-order valence-electron chi connectivity index (χ3n) is 6.02. The summed E-state index contributed by atoms with van der Waals surface area (Å²) in [5.74, 6) is -7.46. The average molecular weight is 529 g/mol. The lowest BCUT2D eigenvalue weighted by Gasteiger charge is -2.37. The quantitative estimate of drug-likeness (QED) is 0.319. The molecule has 11 heteroatoms. The number of nitrogens with zero attached hydrogens (tertiary/aromatic N) is 1. The highest BCUT2D eigenvalue weighted by atomic mass is 35.5. The van der Waals surface area contributed by atoms with Crippen molar-refractivity contribution in [2.45, 2.75) is 56.8 Å². The van der Waals surface area contributed by atoms with E-state index in [0.717, 1.165) is 18.2 Å². The third kappa shape index (κ3) is 5.37. The fraction of sp³-hybridized carbons (Fsp3) is 0.400. The van der Waals surface area contributed by atoms with E-state index in [-0.39, 0.29) is 22.6 Å². The first-order valence-corrected chi connectivity index (χ1v) is 11.2. The number of nitrogens with one attached hydrogen (secondary N) is 1. The van der Waals surface area contributed by atoms with Crippen molar-refractivity contribution in [2.24, 2.45) is 5.41 Å². The van der Waals surface area contributed by atoms with Crippen LogP contribution in [0.25, 0.3) is 0 Å². The highest BCUT2D eigenvalue weighted by Crippen LogP contribution is 2.52. The van der Waals surface area contributed by atoms with Gasteiger partial charge in [0, 0.05) is 22.5 Å². The minimum absolute atomic E-state index is 0.0243. The van der Waals surface area contributed by atoms with Gasteiger partial charge in [-0.1, -0.05) is 50.6 Å². The van der Waals surface area contributed by atoms with Crippen molar-refractivity contribution in [3.05, 3.63) is 70.2 Å². The van der Waals surface area contributed by atoms with Gasteiger partial charge < -0.3 is 4.74 Å². The molecule has 4 atom stereocenters. The number of benzene rings is 2. The molecule has 1 heterocycles. The van der Waals surface area contributed by atoms with E-state index in [9.17, 15) is 32.4 Å². The number of nitriles is 1. The van der Waals surface area contributed by atoms with Gasteiger partial charge in [-0.3, -0.25) is 5.32 Å². The molecule has 0 amide bonds. The van der Waals surface area contributed by atoms with Gasteiger partial charge in [0.05, 0.1) is 6.07 Å². The van der Waals surface area contributed by atoms with E-state index >= 15 is 4.39 Å². The predicted octanol–water partition coefficient (Wildman–Crippen LogP) is 5.57. The maximum absolute atomic E-state index is 15.3. The number of esters is 2. The Morgan fingerprint density at radius 2 is 1.81 bits per heavy atom. The van der Waals surface area contributed by atoms with Crippen LogP contribution in [0.2, 0.25) is 5.02 Å². The number of hydrogen-bond donors (Lipinski definition) is 1. The number of carbonyl (C=O) groups excluding carboxylic acids is 2. The molecule has 0 radical (unpaired) electrons. The summed E-state index contributed by atoms with van der Waals surface area (Å²) in [6.45, 7) is 5.43. The summed E-state index contributed by atoms with van der Waals surface area (Å²) in [6, 6.07) is 7.61. The highest BCUT2D eigenvalue weighted by Gasteiger charge is 2.61. The summed E-state index contributed by atoms with van der Waals surface area (Å²) in [6.07, 6.45) is -5.31. The van der Waals surface area contributed by atoms with Gasteiger partial charge in [0.15, 0.2) is 0 Å². The van der Waals surface area contributed by atoms with Gasteiger partial charge in [0.1, 0.15) is 23.1 Å². The SMILES string of the molecule is CC(C)(C)C[C@@H]1N[C@@H](C(=O)OC(=O)C(F)(F)F)[C@H](c2cccc(F)c2)[C@@]1(C#N)c1ccc(Cl)cc1F. The molecule has 2 aromatic rings. The van der Waals surface area contributed by atoms with Crippen molar-refractivity contribution in [1.82, 2.24) is 5.32 Å². The molecule has 1 N–H and O–H groups in total. The van der Waals surface area contributed by atoms with E-state index in [0.29, 0.717) is 0 Å². The summed E-state index contributed by atoms with van der Waals surface area (Å²) in [5, 5.41) is 13.4. The van der Waals surface area contributed by atoms with Gasteiger partial charge in [-0.25, -0.2) is 18.4 Å². The van der Waals surface area contributed by atoms with Crippen LogP contribution in [0, 0.1) is 28.4 Å². The highest BCUT2D eigenvalue weighted by molar-refractivity contribution is 6.30. The smallest absolute Gasteiger partial charge is 0.385 e. The molecule has 1 aliphatic heterocycles. The zero-order valence-electron chi connectivity index (χ0n) is 19.4. The zero-order valence-corrected chi connectivity index (χ0v) is 20.2. The zero-order chi connectivity index (χ0) is 27.1. The minimum atomic E-state index is -5.46.